The van der Waals surface area contributed by atoms with E-state index < -0.39 is 5.82 Å². The second kappa shape index (κ2) is 8.79. The molecular formula is C24H24ClFN2O3. The number of nitrogens with zero attached hydrogens (tertiary/aromatic N) is 2. The van der Waals surface area contributed by atoms with Crippen molar-refractivity contribution in [2.75, 3.05) is 6.61 Å². The topological polar surface area (TPSA) is 61.2 Å². The Labute approximate surface area is 185 Å². The molecule has 162 valence electrons. The lowest BCUT2D eigenvalue weighted by atomic mass is 9.80. The lowest BCUT2D eigenvalue weighted by Gasteiger charge is -2.26. The number of aryl methyl sites for hydroxylation is 1. The number of aromatic nitrogens is 2. The van der Waals surface area contributed by atoms with E-state index >= 15 is 0 Å². The number of rotatable bonds is 4. The fraction of sp³-hybridized carbons (Fsp3) is 0.375. The molecule has 2 aromatic carbocycles. The molecule has 0 saturated heterocycles. The van der Waals surface area contributed by atoms with Gasteiger partial charge in [0.05, 0.1) is 39.7 Å². The van der Waals surface area contributed by atoms with E-state index in [1.807, 2.05) is 13.0 Å². The van der Waals surface area contributed by atoms with E-state index in [9.17, 15) is 14.0 Å². The Balaban J connectivity index is 1.72. The van der Waals surface area contributed by atoms with Crippen molar-refractivity contribution in [3.63, 3.8) is 0 Å². The van der Waals surface area contributed by atoms with Crippen LogP contribution in [0.15, 0.2) is 36.4 Å². The van der Waals surface area contributed by atoms with Crippen LogP contribution in [0.1, 0.15) is 60.1 Å². The van der Waals surface area contributed by atoms with Gasteiger partial charge in [-0.3, -0.25) is 9.59 Å². The van der Waals surface area contributed by atoms with E-state index in [2.05, 4.69) is 5.10 Å². The molecule has 1 aliphatic rings. The summed E-state index contributed by atoms with van der Waals surface area (Å²) in [7, 11) is 0. The van der Waals surface area contributed by atoms with Gasteiger partial charge in [-0.15, -0.1) is 0 Å². The van der Waals surface area contributed by atoms with Crippen LogP contribution in [-0.2, 0) is 9.53 Å². The summed E-state index contributed by atoms with van der Waals surface area (Å²) in [6.07, 6.45) is 2.68. The van der Waals surface area contributed by atoms with Gasteiger partial charge < -0.3 is 4.74 Å². The van der Waals surface area contributed by atoms with Crippen molar-refractivity contribution < 1.29 is 18.7 Å². The van der Waals surface area contributed by atoms with Crippen molar-refractivity contribution in [3.8, 4) is 0 Å². The average Bonchev–Trinajstić information content (AvgIpc) is 3.15. The Morgan fingerprint density at radius 1 is 1.16 bits per heavy atom. The fourth-order valence-corrected chi connectivity index (χ4v) is 4.77. The Morgan fingerprint density at radius 2 is 1.87 bits per heavy atom. The van der Waals surface area contributed by atoms with Crippen LogP contribution < -0.4 is 0 Å². The molecule has 0 aliphatic heterocycles. The second-order valence-electron chi connectivity index (χ2n) is 7.97. The highest BCUT2D eigenvalue weighted by atomic mass is 35.5. The minimum Gasteiger partial charge on any atom is -0.466 e. The first-order valence-electron chi connectivity index (χ1n) is 10.6. The molecule has 1 aromatic heterocycles. The summed E-state index contributed by atoms with van der Waals surface area (Å²) in [5, 5.41) is 5.29. The number of benzene rings is 2. The largest absolute Gasteiger partial charge is 0.466 e. The maximum absolute atomic E-state index is 14.9. The van der Waals surface area contributed by atoms with Gasteiger partial charge in [0.25, 0.3) is 5.91 Å². The number of carbonyl (C=O) groups excluding carboxylic acids is 2. The van der Waals surface area contributed by atoms with Crippen LogP contribution in [0.25, 0.3) is 10.9 Å². The van der Waals surface area contributed by atoms with Crippen molar-refractivity contribution >= 4 is 34.4 Å². The minimum atomic E-state index is -0.407. The maximum atomic E-state index is 14.9. The summed E-state index contributed by atoms with van der Waals surface area (Å²) in [6.45, 7) is 3.97. The highest BCUT2D eigenvalue weighted by molar-refractivity contribution is 6.34. The van der Waals surface area contributed by atoms with Crippen molar-refractivity contribution in [3.05, 3.63) is 64.1 Å². The van der Waals surface area contributed by atoms with Gasteiger partial charge in [0, 0.05) is 5.92 Å². The third-order valence-corrected chi connectivity index (χ3v) is 6.36. The molecule has 0 unspecified atom stereocenters. The number of ether oxygens (including phenoxy) is 1. The summed E-state index contributed by atoms with van der Waals surface area (Å²) in [5.74, 6) is -1.14. The van der Waals surface area contributed by atoms with Gasteiger partial charge in [-0.25, -0.2) is 4.39 Å². The number of fused-ring (bicyclic) bond motifs is 1. The zero-order valence-electron chi connectivity index (χ0n) is 17.5. The van der Waals surface area contributed by atoms with Crippen molar-refractivity contribution in [2.45, 2.75) is 45.4 Å². The molecule has 4 rings (SSSR count). The number of halogens is 2. The van der Waals surface area contributed by atoms with Crippen LogP contribution in [0.3, 0.4) is 0 Å². The molecule has 1 fully saturated rings. The SMILES string of the molecule is CCOC(=O)C1CCC(c2nn(C(=O)c3c(C)cccc3Cl)c3cccc(F)c23)CC1. The van der Waals surface area contributed by atoms with Gasteiger partial charge in [0.2, 0.25) is 0 Å². The molecule has 7 heteroatoms. The van der Waals surface area contributed by atoms with Crippen molar-refractivity contribution in [2.24, 2.45) is 5.92 Å². The number of esters is 1. The van der Waals surface area contributed by atoms with Crippen LogP contribution >= 0.6 is 11.6 Å². The molecule has 1 aliphatic carbocycles. The third-order valence-electron chi connectivity index (χ3n) is 6.05. The summed E-state index contributed by atoms with van der Waals surface area (Å²) < 4.78 is 21.3. The molecule has 0 radical (unpaired) electrons. The van der Waals surface area contributed by atoms with Crippen LogP contribution in [0.4, 0.5) is 4.39 Å². The maximum Gasteiger partial charge on any atom is 0.308 e. The molecule has 31 heavy (non-hydrogen) atoms. The van der Waals surface area contributed by atoms with E-state index in [4.69, 9.17) is 16.3 Å². The third kappa shape index (κ3) is 3.97. The molecular weight excluding hydrogens is 419 g/mol. The molecule has 0 atom stereocenters. The molecule has 0 amide bonds. The minimum absolute atomic E-state index is 0.0357. The first-order chi connectivity index (χ1) is 14.9. The molecule has 0 spiro atoms. The summed E-state index contributed by atoms with van der Waals surface area (Å²) in [5.41, 5.74) is 2.07. The zero-order chi connectivity index (χ0) is 22.1. The Kier molecular flexibility index (Phi) is 6.10. The van der Waals surface area contributed by atoms with Crippen LogP contribution in [-0.4, -0.2) is 28.3 Å². The lowest BCUT2D eigenvalue weighted by Crippen LogP contribution is -2.23. The van der Waals surface area contributed by atoms with Crippen LogP contribution in [0.5, 0.6) is 0 Å². The summed E-state index contributed by atoms with van der Waals surface area (Å²) >= 11 is 6.30. The molecule has 1 heterocycles. The number of carbonyl (C=O) groups is 2. The smallest absolute Gasteiger partial charge is 0.308 e. The van der Waals surface area contributed by atoms with E-state index in [0.717, 1.165) is 5.56 Å². The van der Waals surface area contributed by atoms with E-state index in [0.29, 0.717) is 59.5 Å². The van der Waals surface area contributed by atoms with Gasteiger partial charge >= 0.3 is 5.97 Å². The van der Waals surface area contributed by atoms with Gasteiger partial charge in [-0.2, -0.15) is 9.78 Å². The molecule has 1 saturated carbocycles. The monoisotopic (exact) mass is 442 g/mol. The highest BCUT2D eigenvalue weighted by Gasteiger charge is 2.32. The molecule has 3 aromatic rings. The van der Waals surface area contributed by atoms with Gasteiger partial charge in [0.1, 0.15) is 5.82 Å². The fourth-order valence-electron chi connectivity index (χ4n) is 4.47. The van der Waals surface area contributed by atoms with Crippen LogP contribution in [0, 0.1) is 18.7 Å². The van der Waals surface area contributed by atoms with E-state index in [1.54, 1.807) is 31.2 Å². The Hall–Kier alpha value is -2.73. The highest BCUT2D eigenvalue weighted by Crippen LogP contribution is 2.39. The molecule has 0 bridgehead atoms. The van der Waals surface area contributed by atoms with E-state index in [-0.39, 0.29) is 23.7 Å². The molecule has 0 N–H and O–H groups in total. The van der Waals surface area contributed by atoms with E-state index in [1.165, 1.54) is 10.7 Å². The van der Waals surface area contributed by atoms with Crippen LogP contribution in [0.2, 0.25) is 5.02 Å². The second-order valence-corrected chi connectivity index (χ2v) is 8.38. The predicted molar refractivity (Wildman–Crippen MR) is 117 cm³/mol. The van der Waals surface area contributed by atoms with Gasteiger partial charge in [-0.1, -0.05) is 29.8 Å². The summed E-state index contributed by atoms with van der Waals surface area (Å²) in [6, 6.07) is 9.90. The van der Waals surface area contributed by atoms with Crippen molar-refractivity contribution in [1.29, 1.82) is 0 Å². The quantitative estimate of drug-likeness (QED) is 0.489. The number of hydrogen-bond donors (Lipinski definition) is 0. The first kappa shape index (κ1) is 21.5. The summed E-state index contributed by atoms with van der Waals surface area (Å²) in [4.78, 5) is 25.4. The normalized spacial score (nSPS) is 18.8. The zero-order valence-corrected chi connectivity index (χ0v) is 18.3. The lowest BCUT2D eigenvalue weighted by molar-refractivity contribution is -0.149. The predicted octanol–water partition coefficient (Wildman–Crippen LogP) is 5.66. The average molecular weight is 443 g/mol. The number of hydrogen-bond acceptors (Lipinski definition) is 4. The molecule has 5 nitrogen and oxygen atoms in total. The Morgan fingerprint density at radius 3 is 2.55 bits per heavy atom. The Bertz CT molecular complexity index is 1130. The van der Waals surface area contributed by atoms with Crippen molar-refractivity contribution in [1.82, 2.24) is 9.78 Å². The standard InChI is InChI=1S/C24H24ClFN2O3/c1-3-31-24(30)16-12-10-15(11-13-16)22-21-18(26)8-5-9-19(21)28(27-22)23(29)20-14(2)6-4-7-17(20)25/h4-9,15-16H,3,10-13H2,1-2H3. The van der Waals surface area contributed by atoms with Gasteiger partial charge in [0.15, 0.2) is 0 Å². The first-order valence-corrected chi connectivity index (χ1v) is 10.9. The van der Waals surface area contributed by atoms with Gasteiger partial charge in [-0.05, 0) is 63.3 Å².